The van der Waals surface area contributed by atoms with E-state index in [1.54, 1.807) is 12.3 Å². The average molecular weight is 119 g/mol. The maximum absolute atomic E-state index is 5.60. The molecule has 1 aromatic heterocycles. The summed E-state index contributed by atoms with van der Waals surface area (Å²) < 4.78 is 0.956. The van der Waals surface area contributed by atoms with Gasteiger partial charge in [-0.05, 0) is 0 Å². The second kappa shape index (κ2) is 2.55. The fourth-order valence-corrected chi connectivity index (χ4v) is 0.725. The van der Waals surface area contributed by atoms with E-state index in [0.717, 1.165) is 9.39 Å². The Morgan fingerprint density at radius 3 is 2.75 bits per heavy atom. The van der Waals surface area contributed by atoms with Crippen molar-refractivity contribution in [3.05, 3.63) is 23.4 Å². The summed E-state index contributed by atoms with van der Waals surface area (Å²) >= 11 is 7.51. The Morgan fingerprint density at radius 1 is 1.62 bits per heavy atom. The Hall–Kier alpha value is 0.0374. The summed E-state index contributed by atoms with van der Waals surface area (Å²) in [5.74, 6) is 0. The van der Waals surface area contributed by atoms with Gasteiger partial charge in [0.05, 0.1) is 0 Å². The quantitative estimate of drug-likeness (QED) is 0.454. The molecule has 0 aliphatic carbocycles. The first-order valence-electron chi connectivity index (χ1n) is 2.37. The zero-order valence-corrected chi connectivity index (χ0v) is 5.31. The van der Waals surface area contributed by atoms with Crippen LogP contribution < -0.4 is 4.37 Å². The monoisotopic (exact) mass is 119 g/mol. The Bertz CT molecular complexity index is 172. The summed E-state index contributed by atoms with van der Waals surface area (Å²) in [6.45, 7) is 0. The van der Waals surface area contributed by atoms with E-state index in [0.29, 0.717) is 0 Å². The van der Waals surface area contributed by atoms with Gasteiger partial charge < -0.3 is 0 Å². The van der Waals surface area contributed by atoms with Crippen LogP contribution in [0.4, 0.5) is 0 Å². The van der Waals surface area contributed by atoms with Gasteiger partial charge in [-0.25, -0.2) is 0 Å². The van der Waals surface area contributed by atoms with E-state index in [1.807, 2.05) is 23.8 Å². The number of rotatable bonds is 0. The Labute approximate surface area is 62.3 Å². The molecule has 0 fully saturated rings. The van der Waals surface area contributed by atoms with Crippen molar-refractivity contribution in [2.24, 2.45) is 0 Å². The number of aromatic nitrogens is 1. The predicted octanol–water partition coefficient (Wildman–Crippen LogP) is 0.529. The van der Waals surface area contributed by atoms with Crippen molar-refractivity contribution in [2.45, 2.75) is 0 Å². The predicted molar refractivity (Wildman–Crippen MR) is 34.6 cm³/mol. The number of nitrogens with zero attached hydrogens (tertiary/aromatic N) is 1. The second-order valence-electron chi connectivity index (χ2n) is 1.62. The van der Waals surface area contributed by atoms with Crippen molar-refractivity contribution >= 4 is 33.7 Å². The summed E-state index contributed by atoms with van der Waals surface area (Å²) in [5, 5.41) is 0.748. The Balaban J connectivity index is 3.08. The molecule has 0 saturated carbocycles. The third-order valence-corrected chi connectivity index (χ3v) is 1.09. The average Bonchev–Trinajstić information content (AvgIpc) is 1.64. The third-order valence-electron chi connectivity index (χ3n) is 0.859. The molecular weight excluding hydrogens is 116 g/mol. The summed E-state index contributed by atoms with van der Waals surface area (Å²) in [6, 6.07) is 3.58. The van der Waals surface area contributed by atoms with Gasteiger partial charge in [-0.2, -0.15) is 0 Å². The molecule has 1 heterocycles. The van der Waals surface area contributed by atoms with Crippen LogP contribution in [0.5, 0.6) is 0 Å². The normalized spacial score (nSPS) is 9.38. The van der Waals surface area contributed by atoms with Crippen LogP contribution in [0.3, 0.4) is 0 Å². The molecule has 1 aromatic rings. The van der Waals surface area contributed by atoms with Crippen molar-refractivity contribution in [2.75, 3.05) is 0 Å². The molecule has 36 valence electrons. The molecule has 0 radical (unpaired) electrons. The SMILES string of the molecule is [Li][c]1cc(Cl)ccn1. The van der Waals surface area contributed by atoms with Gasteiger partial charge in [0.2, 0.25) is 0 Å². The van der Waals surface area contributed by atoms with Gasteiger partial charge in [0.15, 0.2) is 0 Å². The van der Waals surface area contributed by atoms with Crippen molar-refractivity contribution in [1.82, 2.24) is 4.98 Å². The molecule has 3 heteroatoms. The first-order chi connectivity index (χ1) is 3.79. The molecule has 0 saturated heterocycles. The number of halogens is 1. The Morgan fingerprint density at radius 2 is 2.38 bits per heavy atom. The van der Waals surface area contributed by atoms with Crippen molar-refractivity contribution in [3.8, 4) is 0 Å². The molecule has 1 rings (SSSR count). The van der Waals surface area contributed by atoms with E-state index in [2.05, 4.69) is 4.98 Å². The summed E-state index contributed by atoms with van der Waals surface area (Å²) in [4.78, 5) is 3.96. The van der Waals surface area contributed by atoms with Crippen LogP contribution in [0.25, 0.3) is 0 Å². The molecule has 0 amide bonds. The molecule has 0 N–H and O–H groups in total. The molecular formula is C5H3ClLiN. The van der Waals surface area contributed by atoms with E-state index in [9.17, 15) is 0 Å². The van der Waals surface area contributed by atoms with Crippen LogP contribution in [0.2, 0.25) is 5.02 Å². The fourth-order valence-electron chi connectivity index (χ4n) is 0.511. The summed E-state index contributed by atoms with van der Waals surface area (Å²) in [5.41, 5.74) is 0. The molecule has 1 nitrogen and oxygen atoms in total. The van der Waals surface area contributed by atoms with Gasteiger partial charge >= 0.3 is 62.0 Å². The molecule has 0 spiro atoms. The minimum atomic E-state index is 0.748. The van der Waals surface area contributed by atoms with Crippen LogP contribution in [-0.2, 0) is 0 Å². The minimum absolute atomic E-state index is 0.748. The maximum atomic E-state index is 5.60. The molecule has 0 aromatic carbocycles. The van der Waals surface area contributed by atoms with Crippen molar-refractivity contribution < 1.29 is 0 Å². The van der Waals surface area contributed by atoms with E-state index >= 15 is 0 Å². The molecule has 0 aliphatic rings. The third kappa shape index (κ3) is 1.52. The van der Waals surface area contributed by atoms with Crippen LogP contribution in [0.1, 0.15) is 0 Å². The molecule has 8 heavy (non-hydrogen) atoms. The first kappa shape index (κ1) is 6.16. The van der Waals surface area contributed by atoms with Crippen molar-refractivity contribution in [3.63, 3.8) is 0 Å². The van der Waals surface area contributed by atoms with Crippen LogP contribution >= 0.6 is 11.6 Å². The number of pyridine rings is 1. The van der Waals surface area contributed by atoms with Crippen LogP contribution in [0, 0.1) is 0 Å². The van der Waals surface area contributed by atoms with E-state index in [1.165, 1.54) is 0 Å². The molecule has 0 unspecified atom stereocenters. The molecule has 0 atom stereocenters. The van der Waals surface area contributed by atoms with Gasteiger partial charge in [0.1, 0.15) is 0 Å². The summed E-state index contributed by atoms with van der Waals surface area (Å²) in [7, 11) is 0. The second-order valence-corrected chi connectivity index (χ2v) is 2.05. The van der Waals surface area contributed by atoms with Gasteiger partial charge in [-0.3, -0.25) is 0 Å². The molecule has 0 aliphatic heterocycles. The van der Waals surface area contributed by atoms with Gasteiger partial charge in [-0.1, -0.05) is 0 Å². The Kier molecular flexibility index (Phi) is 1.96. The van der Waals surface area contributed by atoms with Gasteiger partial charge in [0.25, 0.3) is 0 Å². The summed E-state index contributed by atoms with van der Waals surface area (Å²) in [6.07, 6.45) is 1.69. The van der Waals surface area contributed by atoms with Crippen molar-refractivity contribution in [1.29, 1.82) is 0 Å². The van der Waals surface area contributed by atoms with Gasteiger partial charge in [0, 0.05) is 0 Å². The zero-order valence-electron chi connectivity index (χ0n) is 4.56. The zero-order chi connectivity index (χ0) is 5.98. The van der Waals surface area contributed by atoms with E-state index in [-0.39, 0.29) is 0 Å². The number of hydrogen-bond acceptors (Lipinski definition) is 1. The first-order valence-corrected chi connectivity index (χ1v) is 2.75. The van der Waals surface area contributed by atoms with Crippen LogP contribution in [-0.4, -0.2) is 22.7 Å². The topological polar surface area (TPSA) is 12.9 Å². The van der Waals surface area contributed by atoms with Crippen LogP contribution in [0.15, 0.2) is 18.3 Å². The van der Waals surface area contributed by atoms with E-state index in [4.69, 9.17) is 11.6 Å². The van der Waals surface area contributed by atoms with Gasteiger partial charge in [-0.15, -0.1) is 0 Å². The standard InChI is InChI=1S/C5H3ClN.Li/c6-5-1-3-7-4-2-5;/h1-3H;. The molecule has 0 bridgehead atoms. The van der Waals surface area contributed by atoms with E-state index < -0.39 is 0 Å². The fraction of sp³-hybridized carbons (Fsp3) is 0. The number of hydrogen-bond donors (Lipinski definition) is 0.